The number of aliphatic hydroxyl groups is 1. The Hall–Kier alpha value is -0.370. The standard InChI is InChI=1S/C7H12ClNO5S/c8-3-5(10)4-15(12,13)9-6-1-2-14-7(6)11/h5-6,9-10H,1-4H2. The highest BCUT2D eigenvalue weighted by Crippen LogP contribution is 2.07. The first-order valence-electron chi connectivity index (χ1n) is 4.35. The summed E-state index contributed by atoms with van der Waals surface area (Å²) in [4.78, 5) is 11.0. The molecule has 8 heteroatoms. The van der Waals surface area contributed by atoms with Crippen molar-refractivity contribution in [2.75, 3.05) is 18.2 Å². The summed E-state index contributed by atoms with van der Waals surface area (Å²) in [6.45, 7) is 0.212. The number of aliphatic hydroxyl groups excluding tert-OH is 1. The van der Waals surface area contributed by atoms with E-state index >= 15 is 0 Å². The summed E-state index contributed by atoms with van der Waals surface area (Å²) in [7, 11) is -3.69. The van der Waals surface area contributed by atoms with Gasteiger partial charge in [0, 0.05) is 12.3 Å². The molecular formula is C7H12ClNO5S. The first-order valence-corrected chi connectivity index (χ1v) is 6.54. The highest BCUT2D eigenvalue weighted by atomic mass is 35.5. The summed E-state index contributed by atoms with van der Waals surface area (Å²) < 4.78 is 29.5. The van der Waals surface area contributed by atoms with Crippen molar-refractivity contribution in [1.82, 2.24) is 4.72 Å². The van der Waals surface area contributed by atoms with Gasteiger partial charge in [-0.2, -0.15) is 0 Å². The van der Waals surface area contributed by atoms with Gasteiger partial charge in [-0.15, -0.1) is 11.6 Å². The smallest absolute Gasteiger partial charge is 0.324 e. The minimum Gasteiger partial charge on any atom is -0.464 e. The van der Waals surface area contributed by atoms with Crippen LogP contribution in [-0.2, 0) is 19.6 Å². The summed E-state index contributed by atoms with van der Waals surface area (Å²) in [5.74, 6) is -1.27. The van der Waals surface area contributed by atoms with Gasteiger partial charge in [-0.25, -0.2) is 13.1 Å². The van der Waals surface area contributed by atoms with Crippen molar-refractivity contribution >= 4 is 27.6 Å². The third kappa shape index (κ3) is 3.94. The minimum absolute atomic E-state index is 0.171. The number of hydrogen-bond donors (Lipinski definition) is 2. The van der Waals surface area contributed by atoms with Gasteiger partial charge in [0.2, 0.25) is 10.0 Å². The Bertz CT molecular complexity index is 330. The lowest BCUT2D eigenvalue weighted by Gasteiger charge is -2.11. The van der Waals surface area contributed by atoms with Crippen LogP contribution in [0.1, 0.15) is 6.42 Å². The largest absolute Gasteiger partial charge is 0.464 e. The topological polar surface area (TPSA) is 92.7 Å². The zero-order chi connectivity index (χ0) is 11.5. The van der Waals surface area contributed by atoms with Crippen LogP contribution in [0.25, 0.3) is 0 Å². The number of halogens is 1. The lowest BCUT2D eigenvalue weighted by Crippen LogP contribution is -2.41. The molecule has 1 saturated heterocycles. The fourth-order valence-corrected chi connectivity index (χ4v) is 2.77. The van der Waals surface area contributed by atoms with Crippen LogP contribution in [0.5, 0.6) is 0 Å². The van der Waals surface area contributed by atoms with Crippen LogP contribution in [0, 0.1) is 0 Å². The predicted octanol–water partition coefficient (Wildman–Crippen LogP) is -1.18. The minimum atomic E-state index is -3.69. The molecule has 1 aliphatic heterocycles. The molecule has 2 unspecified atom stereocenters. The quantitative estimate of drug-likeness (QED) is 0.478. The molecule has 6 nitrogen and oxygen atoms in total. The first-order chi connectivity index (χ1) is 6.94. The van der Waals surface area contributed by atoms with Gasteiger partial charge >= 0.3 is 5.97 Å². The monoisotopic (exact) mass is 257 g/mol. The molecule has 1 heterocycles. The molecule has 1 rings (SSSR count). The van der Waals surface area contributed by atoms with Gasteiger partial charge in [0.25, 0.3) is 0 Å². The van der Waals surface area contributed by atoms with E-state index in [2.05, 4.69) is 9.46 Å². The van der Waals surface area contributed by atoms with E-state index in [4.69, 9.17) is 16.7 Å². The van der Waals surface area contributed by atoms with Crippen LogP contribution >= 0.6 is 11.6 Å². The van der Waals surface area contributed by atoms with Crippen LogP contribution in [-0.4, -0.2) is 49.9 Å². The van der Waals surface area contributed by atoms with E-state index in [1.165, 1.54) is 0 Å². The summed E-state index contributed by atoms with van der Waals surface area (Å²) in [6.07, 6.45) is -0.823. The molecule has 0 aromatic rings. The molecule has 0 spiro atoms. The predicted molar refractivity (Wildman–Crippen MR) is 53.0 cm³/mol. The fourth-order valence-electron chi connectivity index (χ4n) is 1.17. The van der Waals surface area contributed by atoms with Gasteiger partial charge in [-0.1, -0.05) is 0 Å². The summed E-state index contributed by atoms with van der Waals surface area (Å²) in [6, 6.07) is -0.836. The Morgan fingerprint density at radius 2 is 2.33 bits per heavy atom. The second-order valence-corrected chi connectivity index (χ2v) is 5.32. The molecule has 0 aromatic carbocycles. The van der Waals surface area contributed by atoms with Crippen LogP contribution in [0.3, 0.4) is 0 Å². The molecule has 0 aromatic heterocycles. The van der Waals surface area contributed by atoms with Crippen LogP contribution < -0.4 is 4.72 Å². The van der Waals surface area contributed by atoms with Gasteiger partial charge in [0.05, 0.1) is 18.5 Å². The van der Waals surface area contributed by atoms with E-state index in [1.54, 1.807) is 0 Å². The average molecular weight is 258 g/mol. The molecule has 88 valence electrons. The van der Waals surface area contributed by atoms with E-state index in [0.29, 0.717) is 6.42 Å². The van der Waals surface area contributed by atoms with E-state index in [9.17, 15) is 13.2 Å². The Labute approximate surface area is 92.6 Å². The summed E-state index contributed by atoms with van der Waals surface area (Å²) >= 11 is 5.27. The van der Waals surface area contributed by atoms with Crippen LogP contribution in [0.15, 0.2) is 0 Å². The van der Waals surface area contributed by atoms with Crippen molar-refractivity contribution in [2.24, 2.45) is 0 Å². The number of rotatable bonds is 5. The maximum atomic E-state index is 11.4. The van der Waals surface area contributed by atoms with E-state index in [1.807, 2.05) is 0 Å². The fraction of sp³-hybridized carbons (Fsp3) is 0.857. The van der Waals surface area contributed by atoms with Gasteiger partial charge in [-0.05, 0) is 0 Å². The number of esters is 1. The molecular weight excluding hydrogens is 246 g/mol. The first kappa shape index (κ1) is 12.7. The summed E-state index contributed by atoms with van der Waals surface area (Å²) in [5, 5.41) is 9.07. The van der Waals surface area contributed by atoms with Crippen molar-refractivity contribution in [3.63, 3.8) is 0 Å². The molecule has 1 aliphatic rings. The van der Waals surface area contributed by atoms with Crippen molar-refractivity contribution < 1.29 is 23.1 Å². The van der Waals surface area contributed by atoms with E-state index in [0.717, 1.165) is 0 Å². The van der Waals surface area contributed by atoms with E-state index in [-0.39, 0.29) is 12.5 Å². The number of cyclic esters (lactones) is 1. The van der Waals surface area contributed by atoms with Crippen molar-refractivity contribution in [1.29, 1.82) is 0 Å². The highest BCUT2D eigenvalue weighted by molar-refractivity contribution is 7.89. The van der Waals surface area contributed by atoms with Gasteiger partial charge < -0.3 is 9.84 Å². The van der Waals surface area contributed by atoms with Crippen molar-refractivity contribution in [3.8, 4) is 0 Å². The second-order valence-electron chi connectivity index (χ2n) is 3.22. The maximum absolute atomic E-state index is 11.4. The SMILES string of the molecule is O=C1OCCC1NS(=O)(=O)CC(O)CCl. The number of alkyl halides is 1. The molecule has 0 radical (unpaired) electrons. The second kappa shape index (κ2) is 5.11. The Kier molecular flexibility index (Phi) is 4.32. The van der Waals surface area contributed by atoms with Crippen LogP contribution in [0.4, 0.5) is 0 Å². The molecule has 0 aliphatic carbocycles. The van der Waals surface area contributed by atoms with Gasteiger partial charge in [-0.3, -0.25) is 4.79 Å². The molecule has 1 fully saturated rings. The van der Waals surface area contributed by atoms with Crippen molar-refractivity contribution in [2.45, 2.75) is 18.6 Å². The van der Waals surface area contributed by atoms with Crippen LogP contribution in [0.2, 0.25) is 0 Å². The molecule has 2 atom stereocenters. The normalized spacial score (nSPS) is 23.9. The van der Waals surface area contributed by atoms with Crippen molar-refractivity contribution in [3.05, 3.63) is 0 Å². The number of carbonyl (C=O) groups excluding carboxylic acids is 1. The Morgan fingerprint density at radius 1 is 1.67 bits per heavy atom. The Morgan fingerprint density at radius 3 is 2.80 bits per heavy atom. The zero-order valence-electron chi connectivity index (χ0n) is 7.85. The Balaban J connectivity index is 2.52. The number of nitrogens with one attached hydrogen (secondary N) is 1. The highest BCUT2D eigenvalue weighted by Gasteiger charge is 2.31. The number of sulfonamides is 1. The number of hydrogen-bond acceptors (Lipinski definition) is 5. The zero-order valence-corrected chi connectivity index (χ0v) is 9.42. The summed E-state index contributed by atoms with van der Waals surface area (Å²) in [5.41, 5.74) is 0. The number of carbonyl (C=O) groups is 1. The lowest BCUT2D eigenvalue weighted by molar-refractivity contribution is -0.139. The maximum Gasteiger partial charge on any atom is 0.324 e. The number of ether oxygens (including phenoxy) is 1. The molecule has 15 heavy (non-hydrogen) atoms. The third-order valence-electron chi connectivity index (χ3n) is 1.85. The molecule has 0 amide bonds. The third-order valence-corrected chi connectivity index (χ3v) is 3.67. The molecule has 2 N–H and O–H groups in total. The van der Waals surface area contributed by atoms with E-state index < -0.39 is 33.9 Å². The molecule has 0 bridgehead atoms. The van der Waals surface area contributed by atoms with Gasteiger partial charge in [0.1, 0.15) is 6.04 Å². The molecule has 0 saturated carbocycles. The van der Waals surface area contributed by atoms with Gasteiger partial charge in [0.15, 0.2) is 0 Å². The average Bonchev–Trinajstić information content (AvgIpc) is 2.50. The lowest BCUT2D eigenvalue weighted by atomic mass is 10.3.